The molecular formula is C8H11FINO2. The molecule has 5 heteroatoms. The minimum atomic E-state index is -0.726. The van der Waals surface area contributed by atoms with Gasteiger partial charge >= 0.3 is 6.09 Å². The van der Waals surface area contributed by atoms with E-state index >= 15 is 0 Å². The normalized spacial score (nSPS) is 41.6. The van der Waals surface area contributed by atoms with Gasteiger partial charge in [-0.05, 0) is 6.92 Å². The van der Waals surface area contributed by atoms with Gasteiger partial charge in [-0.1, -0.05) is 22.6 Å². The highest BCUT2D eigenvalue weighted by molar-refractivity contribution is 14.1. The third-order valence-electron chi connectivity index (χ3n) is 2.75. The molecule has 2 rings (SSSR count). The highest BCUT2D eigenvalue weighted by Crippen LogP contribution is 2.48. The number of carbonyl (C=O) groups excluding carboxylic acids is 1. The van der Waals surface area contributed by atoms with Crippen molar-refractivity contribution >= 4 is 28.7 Å². The van der Waals surface area contributed by atoms with Crippen LogP contribution in [0, 0.1) is 5.92 Å². The van der Waals surface area contributed by atoms with Crippen LogP contribution in [0.5, 0.6) is 0 Å². The van der Waals surface area contributed by atoms with Gasteiger partial charge in [0.15, 0.2) is 0 Å². The van der Waals surface area contributed by atoms with Gasteiger partial charge in [0.25, 0.3) is 0 Å². The number of nitrogens with zero attached hydrogens (tertiary/aromatic N) is 1. The van der Waals surface area contributed by atoms with Gasteiger partial charge in [-0.3, -0.25) is 0 Å². The number of piperidine rings is 1. The molecule has 0 aromatic carbocycles. The number of hydrogen-bond donors (Lipinski definition) is 0. The molecule has 0 aromatic heterocycles. The molecule has 1 heterocycles. The zero-order valence-electron chi connectivity index (χ0n) is 7.24. The van der Waals surface area contributed by atoms with Crippen molar-refractivity contribution in [3.63, 3.8) is 0 Å². The van der Waals surface area contributed by atoms with Crippen molar-refractivity contribution in [3.05, 3.63) is 0 Å². The molecule has 2 fully saturated rings. The molecule has 1 aliphatic heterocycles. The maximum atomic E-state index is 13.0. The maximum absolute atomic E-state index is 13.0. The molecule has 4 atom stereocenters. The maximum Gasteiger partial charge on any atom is 0.410 e. The van der Waals surface area contributed by atoms with Crippen molar-refractivity contribution in [1.29, 1.82) is 0 Å². The summed E-state index contributed by atoms with van der Waals surface area (Å²) in [4.78, 5) is 12.9. The van der Waals surface area contributed by atoms with Crippen LogP contribution >= 0.6 is 22.6 Å². The SMILES string of the molecule is CCOC(=O)N1CC2C(F)C(I)C21. The molecule has 1 saturated heterocycles. The van der Waals surface area contributed by atoms with Gasteiger partial charge in [-0.15, -0.1) is 0 Å². The van der Waals surface area contributed by atoms with E-state index in [1.807, 2.05) is 0 Å². The molecular weight excluding hydrogens is 288 g/mol. The molecule has 0 aromatic rings. The molecule has 4 unspecified atom stereocenters. The number of amides is 1. The largest absolute Gasteiger partial charge is 0.450 e. The Morgan fingerprint density at radius 3 is 3.00 bits per heavy atom. The van der Waals surface area contributed by atoms with E-state index in [1.54, 1.807) is 11.8 Å². The van der Waals surface area contributed by atoms with Crippen LogP contribution in [0.3, 0.4) is 0 Å². The summed E-state index contributed by atoms with van der Waals surface area (Å²) in [6.45, 7) is 2.69. The summed E-state index contributed by atoms with van der Waals surface area (Å²) in [5, 5.41) is 0. The lowest BCUT2D eigenvalue weighted by Gasteiger charge is -2.59. The predicted molar refractivity (Wildman–Crippen MR) is 53.7 cm³/mol. The number of halogens is 2. The van der Waals surface area contributed by atoms with Gasteiger partial charge in [0.2, 0.25) is 0 Å². The van der Waals surface area contributed by atoms with E-state index in [2.05, 4.69) is 22.6 Å². The van der Waals surface area contributed by atoms with Crippen molar-refractivity contribution in [1.82, 2.24) is 4.90 Å². The van der Waals surface area contributed by atoms with Crippen LogP contribution in [-0.2, 0) is 4.74 Å². The van der Waals surface area contributed by atoms with Crippen LogP contribution in [0.25, 0.3) is 0 Å². The van der Waals surface area contributed by atoms with Crippen molar-refractivity contribution in [2.45, 2.75) is 23.1 Å². The van der Waals surface area contributed by atoms with E-state index in [9.17, 15) is 9.18 Å². The smallest absolute Gasteiger partial charge is 0.410 e. The Bertz CT molecular complexity index is 232. The van der Waals surface area contributed by atoms with Crippen LogP contribution < -0.4 is 0 Å². The summed E-state index contributed by atoms with van der Waals surface area (Å²) in [5.41, 5.74) is 0. The summed E-state index contributed by atoms with van der Waals surface area (Å²) in [6, 6.07) is 0.0923. The lowest BCUT2D eigenvalue weighted by Crippen LogP contribution is -2.75. The van der Waals surface area contributed by atoms with Crippen LogP contribution in [0.1, 0.15) is 6.92 Å². The zero-order chi connectivity index (χ0) is 9.59. The fourth-order valence-electron chi connectivity index (χ4n) is 1.93. The van der Waals surface area contributed by atoms with Gasteiger partial charge in [0, 0.05) is 12.5 Å². The third-order valence-corrected chi connectivity index (χ3v) is 4.17. The number of likely N-dealkylation sites (tertiary alicyclic amines) is 1. The first-order valence-electron chi connectivity index (χ1n) is 4.38. The monoisotopic (exact) mass is 299 g/mol. The topological polar surface area (TPSA) is 29.5 Å². The molecule has 0 bridgehead atoms. The lowest BCUT2D eigenvalue weighted by atomic mass is 9.70. The van der Waals surface area contributed by atoms with Gasteiger partial charge < -0.3 is 9.64 Å². The molecule has 13 heavy (non-hydrogen) atoms. The fourth-order valence-corrected chi connectivity index (χ4v) is 3.38. The van der Waals surface area contributed by atoms with Gasteiger partial charge in [-0.25, -0.2) is 9.18 Å². The molecule has 1 aliphatic carbocycles. The van der Waals surface area contributed by atoms with Gasteiger partial charge in [-0.2, -0.15) is 0 Å². The van der Waals surface area contributed by atoms with Crippen LogP contribution in [-0.4, -0.2) is 40.3 Å². The van der Waals surface area contributed by atoms with E-state index in [0.29, 0.717) is 13.2 Å². The molecule has 1 amide bonds. The number of carbonyl (C=O) groups is 1. The summed E-state index contributed by atoms with van der Waals surface area (Å²) in [5.74, 6) is 0.0753. The van der Waals surface area contributed by atoms with E-state index in [0.717, 1.165) is 0 Å². The van der Waals surface area contributed by atoms with Gasteiger partial charge in [0.1, 0.15) is 6.17 Å². The van der Waals surface area contributed by atoms with Gasteiger partial charge in [0.05, 0.1) is 16.6 Å². The van der Waals surface area contributed by atoms with Crippen molar-refractivity contribution in [3.8, 4) is 0 Å². The third kappa shape index (κ3) is 1.23. The first-order valence-corrected chi connectivity index (χ1v) is 5.63. The Balaban J connectivity index is 1.90. The predicted octanol–water partition coefficient (Wildman–Crippen LogP) is 1.60. The minimum Gasteiger partial charge on any atom is -0.450 e. The van der Waals surface area contributed by atoms with E-state index in [1.165, 1.54) is 0 Å². The van der Waals surface area contributed by atoms with E-state index < -0.39 is 6.17 Å². The average Bonchev–Trinajstić information content (AvgIpc) is 2.03. The Morgan fingerprint density at radius 1 is 1.77 bits per heavy atom. The Labute approximate surface area is 89.7 Å². The second-order valence-corrected chi connectivity index (χ2v) is 4.83. The quantitative estimate of drug-likeness (QED) is 0.544. The number of alkyl halides is 2. The molecule has 0 N–H and O–H groups in total. The minimum absolute atomic E-state index is 0.0410. The Morgan fingerprint density at radius 2 is 2.46 bits per heavy atom. The molecule has 74 valence electrons. The summed E-state index contributed by atoms with van der Waals surface area (Å²) in [7, 11) is 0. The first-order chi connectivity index (χ1) is 6.16. The van der Waals surface area contributed by atoms with Crippen LogP contribution in [0.4, 0.5) is 9.18 Å². The highest BCUT2D eigenvalue weighted by atomic mass is 127. The van der Waals surface area contributed by atoms with Crippen molar-refractivity contribution < 1.29 is 13.9 Å². The van der Waals surface area contributed by atoms with Crippen molar-refractivity contribution in [2.75, 3.05) is 13.2 Å². The second kappa shape index (κ2) is 3.25. The fraction of sp³-hybridized carbons (Fsp3) is 0.875. The first kappa shape index (κ1) is 9.48. The lowest BCUT2D eigenvalue weighted by molar-refractivity contribution is -0.0922. The zero-order valence-corrected chi connectivity index (χ0v) is 9.40. The Kier molecular flexibility index (Phi) is 2.37. The molecule has 1 saturated carbocycles. The molecule has 2 aliphatic rings. The molecule has 0 radical (unpaired) electrons. The van der Waals surface area contributed by atoms with Crippen molar-refractivity contribution in [2.24, 2.45) is 5.92 Å². The molecule has 3 nitrogen and oxygen atoms in total. The summed E-state index contributed by atoms with van der Waals surface area (Å²) < 4.78 is 17.8. The summed E-state index contributed by atoms with van der Waals surface area (Å²) in [6.07, 6.45) is -1.02. The summed E-state index contributed by atoms with van der Waals surface area (Å²) >= 11 is 2.06. The second-order valence-electron chi connectivity index (χ2n) is 3.39. The van der Waals surface area contributed by atoms with E-state index in [-0.39, 0.29) is 22.0 Å². The number of rotatable bonds is 1. The average molecular weight is 299 g/mol. The Hall–Kier alpha value is -0.0700. The number of hydrogen-bond acceptors (Lipinski definition) is 2. The molecule has 0 spiro atoms. The van der Waals surface area contributed by atoms with Crippen LogP contribution in [0.15, 0.2) is 0 Å². The standard InChI is InChI=1S/C8H11FINO2/c1-2-13-8(12)11-3-4-5(9)6(10)7(4)11/h4-7H,2-3H2,1H3. The number of ether oxygens (including phenoxy) is 1. The van der Waals surface area contributed by atoms with Crippen LogP contribution in [0.2, 0.25) is 0 Å². The number of fused-ring (bicyclic) bond motifs is 1. The van der Waals surface area contributed by atoms with E-state index in [4.69, 9.17) is 4.74 Å². The highest BCUT2D eigenvalue weighted by Gasteiger charge is 2.61.